The number of anilines is 1. The van der Waals surface area contributed by atoms with E-state index in [9.17, 15) is 5.11 Å². The van der Waals surface area contributed by atoms with E-state index < -0.39 is 0 Å². The van der Waals surface area contributed by atoms with Crippen molar-refractivity contribution in [2.75, 3.05) is 11.9 Å². The first-order valence-electron chi connectivity index (χ1n) is 7.36. The van der Waals surface area contributed by atoms with Crippen molar-refractivity contribution in [2.45, 2.75) is 26.3 Å². The molecule has 0 saturated carbocycles. The van der Waals surface area contributed by atoms with Crippen LogP contribution in [0.1, 0.15) is 18.9 Å². The van der Waals surface area contributed by atoms with Gasteiger partial charge in [-0.05, 0) is 25.0 Å². The molecule has 3 rings (SSSR count). The second-order valence-electron chi connectivity index (χ2n) is 5.23. The van der Waals surface area contributed by atoms with Crippen molar-refractivity contribution in [1.82, 2.24) is 19.7 Å². The van der Waals surface area contributed by atoms with Gasteiger partial charge >= 0.3 is 0 Å². The molecule has 2 N–H and O–H groups in total. The fraction of sp³-hybridized carbons (Fsp3) is 0.312. The minimum atomic E-state index is -0.0279. The zero-order valence-electron chi connectivity index (χ0n) is 12.7. The molecule has 0 aliphatic heterocycles. The van der Waals surface area contributed by atoms with Crippen molar-refractivity contribution in [3.05, 3.63) is 42.4 Å². The van der Waals surface area contributed by atoms with E-state index >= 15 is 0 Å². The van der Waals surface area contributed by atoms with Gasteiger partial charge in [-0.2, -0.15) is 5.10 Å². The van der Waals surface area contributed by atoms with E-state index in [1.807, 2.05) is 42.8 Å². The van der Waals surface area contributed by atoms with Crippen LogP contribution in [0.2, 0.25) is 0 Å². The van der Waals surface area contributed by atoms with Crippen LogP contribution in [0.5, 0.6) is 0 Å². The maximum atomic E-state index is 9.35. The molecule has 0 radical (unpaired) electrons. The van der Waals surface area contributed by atoms with E-state index in [0.29, 0.717) is 5.82 Å². The second-order valence-corrected chi connectivity index (χ2v) is 5.23. The summed E-state index contributed by atoms with van der Waals surface area (Å²) in [5.41, 5.74) is 2.87. The normalized spacial score (nSPS) is 12.5. The highest BCUT2D eigenvalue weighted by Gasteiger charge is 2.14. The van der Waals surface area contributed by atoms with Gasteiger partial charge in [-0.3, -0.25) is 0 Å². The molecule has 22 heavy (non-hydrogen) atoms. The smallest absolute Gasteiger partial charge is 0.168 e. The van der Waals surface area contributed by atoms with Crippen molar-refractivity contribution in [3.63, 3.8) is 0 Å². The first kappa shape index (κ1) is 14.5. The Morgan fingerprint density at radius 3 is 2.82 bits per heavy atom. The number of fused-ring (bicyclic) bond motifs is 1. The van der Waals surface area contributed by atoms with Crippen molar-refractivity contribution in [1.29, 1.82) is 0 Å². The van der Waals surface area contributed by atoms with Gasteiger partial charge in [0.25, 0.3) is 0 Å². The van der Waals surface area contributed by atoms with Gasteiger partial charge in [0.05, 0.1) is 29.9 Å². The average molecular weight is 297 g/mol. The highest BCUT2D eigenvalue weighted by atomic mass is 16.3. The topological polar surface area (TPSA) is 75.9 Å². The van der Waals surface area contributed by atoms with Crippen LogP contribution in [-0.2, 0) is 0 Å². The average Bonchev–Trinajstić information content (AvgIpc) is 2.97. The lowest BCUT2D eigenvalue weighted by Gasteiger charge is -2.14. The van der Waals surface area contributed by atoms with Gasteiger partial charge in [-0.15, -0.1) is 0 Å². The molecular formula is C16H19N5O. The zero-order valence-corrected chi connectivity index (χ0v) is 12.7. The van der Waals surface area contributed by atoms with E-state index in [2.05, 4.69) is 20.4 Å². The van der Waals surface area contributed by atoms with Crippen LogP contribution >= 0.6 is 0 Å². The summed E-state index contributed by atoms with van der Waals surface area (Å²) in [5.74, 6) is 0.700. The van der Waals surface area contributed by atoms with Crippen LogP contribution in [0.4, 0.5) is 5.82 Å². The molecule has 0 saturated heterocycles. The number of nitrogens with one attached hydrogen (secondary N) is 1. The number of hydrogen-bond acceptors (Lipinski definition) is 5. The highest BCUT2D eigenvalue weighted by Crippen LogP contribution is 2.23. The Morgan fingerprint density at radius 1 is 1.27 bits per heavy atom. The number of benzene rings is 1. The Hall–Kier alpha value is -2.47. The number of aliphatic hydroxyl groups is 1. The van der Waals surface area contributed by atoms with Gasteiger partial charge in [0.2, 0.25) is 0 Å². The van der Waals surface area contributed by atoms with Crippen LogP contribution < -0.4 is 5.32 Å². The summed E-state index contributed by atoms with van der Waals surface area (Å²) < 4.78 is 1.82. The van der Waals surface area contributed by atoms with Crippen molar-refractivity contribution in [2.24, 2.45) is 0 Å². The minimum Gasteiger partial charge on any atom is -0.394 e. The summed E-state index contributed by atoms with van der Waals surface area (Å²) in [5, 5.41) is 17.9. The Balaban J connectivity index is 2.08. The number of para-hydroxylation sites is 1. The SMILES string of the molecule is CC[C@H](CO)Nc1ncnc2c1cnn2-c1ccccc1C. The molecule has 0 aliphatic rings. The quantitative estimate of drug-likeness (QED) is 0.756. The van der Waals surface area contributed by atoms with Crippen LogP contribution in [0, 0.1) is 6.92 Å². The lowest BCUT2D eigenvalue weighted by atomic mass is 10.2. The van der Waals surface area contributed by atoms with Gasteiger partial charge in [-0.1, -0.05) is 25.1 Å². The molecule has 1 atom stereocenters. The Morgan fingerprint density at radius 2 is 2.09 bits per heavy atom. The van der Waals surface area contributed by atoms with E-state index in [-0.39, 0.29) is 12.6 Å². The van der Waals surface area contributed by atoms with Gasteiger partial charge < -0.3 is 10.4 Å². The van der Waals surface area contributed by atoms with Gasteiger partial charge in [0.1, 0.15) is 12.1 Å². The van der Waals surface area contributed by atoms with Crippen LogP contribution in [0.25, 0.3) is 16.7 Å². The Labute approximate surface area is 128 Å². The molecule has 0 amide bonds. The number of nitrogens with zero attached hydrogens (tertiary/aromatic N) is 4. The summed E-state index contributed by atoms with van der Waals surface area (Å²) in [4.78, 5) is 8.65. The number of aromatic nitrogens is 4. The molecule has 2 aromatic heterocycles. The van der Waals surface area contributed by atoms with Crippen molar-refractivity contribution < 1.29 is 5.11 Å². The number of aliphatic hydroxyl groups excluding tert-OH is 1. The fourth-order valence-corrected chi connectivity index (χ4v) is 2.41. The van der Waals surface area contributed by atoms with Crippen molar-refractivity contribution >= 4 is 16.9 Å². The minimum absolute atomic E-state index is 0.0279. The summed E-state index contributed by atoms with van der Waals surface area (Å²) in [6, 6.07) is 8.01. The molecule has 114 valence electrons. The molecule has 3 aromatic rings. The van der Waals surface area contributed by atoms with Gasteiger partial charge in [0, 0.05) is 0 Å². The standard InChI is InChI=1S/C16H19N5O/c1-3-12(9-22)20-15-13-8-19-21(16(13)18-10-17-15)14-7-5-4-6-11(14)2/h4-8,10,12,22H,3,9H2,1-2H3,(H,17,18,20)/t12-/m1/s1. The first-order valence-corrected chi connectivity index (χ1v) is 7.36. The number of hydrogen-bond donors (Lipinski definition) is 2. The maximum absolute atomic E-state index is 9.35. The second kappa shape index (κ2) is 6.11. The summed E-state index contributed by atoms with van der Waals surface area (Å²) in [6.07, 6.45) is 4.09. The molecule has 0 bridgehead atoms. The predicted octanol–water partition coefficient (Wildman–Crippen LogP) is 2.31. The van der Waals surface area contributed by atoms with Crippen molar-refractivity contribution in [3.8, 4) is 5.69 Å². The summed E-state index contributed by atoms with van der Waals surface area (Å²) in [6.45, 7) is 4.12. The molecule has 1 aromatic carbocycles. The third kappa shape index (κ3) is 2.53. The van der Waals surface area contributed by atoms with Gasteiger partial charge in [-0.25, -0.2) is 14.6 Å². The molecule has 0 aliphatic carbocycles. The number of aryl methyl sites for hydroxylation is 1. The Bertz CT molecular complexity index is 779. The van der Waals surface area contributed by atoms with Crippen LogP contribution in [-0.4, -0.2) is 37.5 Å². The zero-order chi connectivity index (χ0) is 15.5. The first-order chi connectivity index (χ1) is 10.7. The molecule has 6 heteroatoms. The predicted molar refractivity (Wildman–Crippen MR) is 86.2 cm³/mol. The van der Waals surface area contributed by atoms with E-state index in [0.717, 1.165) is 28.7 Å². The summed E-state index contributed by atoms with van der Waals surface area (Å²) in [7, 11) is 0. The van der Waals surface area contributed by atoms with Gasteiger partial charge in [0.15, 0.2) is 5.65 Å². The lowest BCUT2D eigenvalue weighted by molar-refractivity contribution is 0.271. The molecule has 2 heterocycles. The molecular weight excluding hydrogens is 278 g/mol. The van der Waals surface area contributed by atoms with Crippen LogP contribution in [0.15, 0.2) is 36.8 Å². The number of rotatable bonds is 5. The molecule has 0 unspecified atom stereocenters. The van der Waals surface area contributed by atoms with E-state index in [4.69, 9.17) is 0 Å². The van der Waals surface area contributed by atoms with E-state index in [1.165, 1.54) is 6.33 Å². The van der Waals surface area contributed by atoms with Crippen LogP contribution in [0.3, 0.4) is 0 Å². The summed E-state index contributed by atoms with van der Waals surface area (Å²) >= 11 is 0. The molecule has 6 nitrogen and oxygen atoms in total. The highest BCUT2D eigenvalue weighted by molar-refractivity contribution is 5.87. The van der Waals surface area contributed by atoms with E-state index in [1.54, 1.807) is 6.20 Å². The third-order valence-electron chi connectivity index (χ3n) is 3.76. The maximum Gasteiger partial charge on any atom is 0.168 e. The largest absolute Gasteiger partial charge is 0.394 e. The molecule has 0 fully saturated rings. The molecule has 0 spiro atoms. The fourth-order valence-electron chi connectivity index (χ4n) is 2.41. The monoisotopic (exact) mass is 297 g/mol. The Kier molecular flexibility index (Phi) is 4.02. The lowest BCUT2D eigenvalue weighted by Crippen LogP contribution is -2.23. The third-order valence-corrected chi connectivity index (χ3v) is 3.76.